The zero-order chi connectivity index (χ0) is 15.0. The number of nitrogens with zero attached hydrogens (tertiary/aromatic N) is 3. The van der Waals surface area contributed by atoms with Crippen LogP contribution in [0.4, 0.5) is 10.1 Å². The van der Waals surface area contributed by atoms with Gasteiger partial charge >= 0.3 is 0 Å². The van der Waals surface area contributed by atoms with Crippen LogP contribution in [0.15, 0.2) is 30.5 Å². The van der Waals surface area contributed by atoms with Gasteiger partial charge in [0.2, 0.25) is 0 Å². The molecule has 4 nitrogen and oxygen atoms in total. The van der Waals surface area contributed by atoms with E-state index in [0.29, 0.717) is 17.1 Å². The van der Waals surface area contributed by atoms with E-state index >= 15 is 0 Å². The number of benzene rings is 1. The van der Waals surface area contributed by atoms with Gasteiger partial charge in [-0.15, -0.1) is 0 Å². The Balaban J connectivity index is 1.87. The van der Waals surface area contributed by atoms with Gasteiger partial charge in [-0.05, 0) is 25.1 Å². The van der Waals surface area contributed by atoms with E-state index < -0.39 is 0 Å². The molecule has 21 heavy (non-hydrogen) atoms. The summed E-state index contributed by atoms with van der Waals surface area (Å²) in [6, 6.07) is 6.62. The van der Waals surface area contributed by atoms with Crippen molar-refractivity contribution in [2.75, 3.05) is 5.32 Å². The molecule has 0 unspecified atom stereocenters. The molecule has 6 heteroatoms. The quantitative estimate of drug-likeness (QED) is 0.802. The van der Waals surface area contributed by atoms with Crippen molar-refractivity contribution in [1.29, 1.82) is 0 Å². The SMILES string of the molecule is Cc1nn(C)c2ncc(NCc3c(F)cccc3Cl)cc12. The lowest BCUT2D eigenvalue weighted by molar-refractivity contribution is 0.613. The second-order valence-corrected chi connectivity index (χ2v) is 5.27. The maximum Gasteiger partial charge on any atom is 0.157 e. The van der Waals surface area contributed by atoms with E-state index in [1.54, 1.807) is 23.0 Å². The molecule has 1 aromatic carbocycles. The minimum Gasteiger partial charge on any atom is -0.380 e. The van der Waals surface area contributed by atoms with Crippen molar-refractivity contribution < 1.29 is 4.39 Å². The van der Waals surface area contributed by atoms with E-state index in [1.165, 1.54) is 6.07 Å². The van der Waals surface area contributed by atoms with Gasteiger partial charge in [-0.1, -0.05) is 17.7 Å². The Labute approximate surface area is 126 Å². The average Bonchev–Trinajstić information content (AvgIpc) is 2.73. The van der Waals surface area contributed by atoms with Crippen molar-refractivity contribution in [2.24, 2.45) is 7.05 Å². The summed E-state index contributed by atoms with van der Waals surface area (Å²) in [7, 11) is 1.86. The van der Waals surface area contributed by atoms with Gasteiger partial charge in [0.15, 0.2) is 5.65 Å². The topological polar surface area (TPSA) is 42.7 Å². The third kappa shape index (κ3) is 2.56. The fourth-order valence-corrected chi connectivity index (χ4v) is 2.53. The number of rotatable bonds is 3. The monoisotopic (exact) mass is 304 g/mol. The van der Waals surface area contributed by atoms with E-state index in [0.717, 1.165) is 22.4 Å². The zero-order valence-corrected chi connectivity index (χ0v) is 12.4. The minimum atomic E-state index is -0.318. The summed E-state index contributed by atoms with van der Waals surface area (Å²) < 4.78 is 15.5. The van der Waals surface area contributed by atoms with E-state index in [4.69, 9.17) is 11.6 Å². The number of pyridine rings is 1. The summed E-state index contributed by atoms with van der Waals surface area (Å²) in [4.78, 5) is 4.37. The Hall–Kier alpha value is -2.14. The van der Waals surface area contributed by atoms with Crippen LogP contribution in [-0.2, 0) is 13.6 Å². The molecular formula is C15H14ClFN4. The van der Waals surface area contributed by atoms with Gasteiger partial charge in [0.25, 0.3) is 0 Å². The second kappa shape index (κ2) is 5.33. The van der Waals surface area contributed by atoms with E-state index in [9.17, 15) is 4.39 Å². The van der Waals surface area contributed by atoms with Crippen LogP contribution >= 0.6 is 11.6 Å². The van der Waals surface area contributed by atoms with Crippen molar-refractivity contribution in [1.82, 2.24) is 14.8 Å². The number of aryl methyl sites for hydroxylation is 2. The summed E-state index contributed by atoms with van der Waals surface area (Å²) in [5.41, 5.74) is 2.98. The molecule has 108 valence electrons. The largest absolute Gasteiger partial charge is 0.380 e. The van der Waals surface area contributed by atoms with Crippen molar-refractivity contribution in [3.8, 4) is 0 Å². The molecule has 0 bridgehead atoms. The van der Waals surface area contributed by atoms with Gasteiger partial charge in [-0.25, -0.2) is 9.37 Å². The van der Waals surface area contributed by atoms with Crippen LogP contribution in [-0.4, -0.2) is 14.8 Å². The van der Waals surface area contributed by atoms with Crippen molar-refractivity contribution in [2.45, 2.75) is 13.5 Å². The smallest absolute Gasteiger partial charge is 0.157 e. The Morgan fingerprint density at radius 1 is 1.38 bits per heavy atom. The first-order chi connectivity index (χ1) is 10.1. The molecule has 3 aromatic rings. The number of hydrogen-bond donors (Lipinski definition) is 1. The molecule has 2 aromatic heterocycles. The lowest BCUT2D eigenvalue weighted by Crippen LogP contribution is -2.03. The normalized spacial score (nSPS) is 11.0. The molecule has 0 aliphatic heterocycles. The molecule has 0 aliphatic carbocycles. The maximum atomic E-state index is 13.7. The molecular weight excluding hydrogens is 291 g/mol. The summed E-state index contributed by atoms with van der Waals surface area (Å²) in [5.74, 6) is -0.318. The minimum absolute atomic E-state index is 0.304. The van der Waals surface area contributed by atoms with Gasteiger partial charge in [0.1, 0.15) is 5.82 Å². The van der Waals surface area contributed by atoms with Gasteiger partial charge in [-0.3, -0.25) is 4.68 Å². The fourth-order valence-electron chi connectivity index (χ4n) is 2.30. The van der Waals surface area contributed by atoms with E-state index in [-0.39, 0.29) is 5.82 Å². The van der Waals surface area contributed by atoms with Crippen LogP contribution in [0, 0.1) is 12.7 Å². The van der Waals surface area contributed by atoms with Crippen LogP contribution in [0.5, 0.6) is 0 Å². The molecule has 3 rings (SSSR count). The Bertz CT molecular complexity index is 793. The first-order valence-corrected chi connectivity index (χ1v) is 6.90. The molecule has 2 heterocycles. The maximum absolute atomic E-state index is 13.7. The summed E-state index contributed by atoms with van der Waals surface area (Å²) >= 11 is 6.01. The van der Waals surface area contributed by atoms with Gasteiger partial charge in [0, 0.05) is 29.6 Å². The van der Waals surface area contributed by atoms with E-state index in [2.05, 4.69) is 15.4 Å². The van der Waals surface area contributed by atoms with E-state index in [1.807, 2.05) is 20.0 Å². The van der Waals surface area contributed by atoms with Crippen molar-refractivity contribution in [3.63, 3.8) is 0 Å². The number of fused-ring (bicyclic) bond motifs is 1. The first kappa shape index (κ1) is 13.8. The molecule has 0 saturated carbocycles. The predicted molar refractivity (Wildman–Crippen MR) is 82.0 cm³/mol. The van der Waals surface area contributed by atoms with Crippen LogP contribution < -0.4 is 5.32 Å². The predicted octanol–water partition coefficient (Wildman–Crippen LogP) is 3.68. The van der Waals surface area contributed by atoms with Crippen molar-refractivity contribution in [3.05, 3.63) is 52.6 Å². The molecule has 0 radical (unpaired) electrons. The number of halogens is 2. The molecule has 0 aliphatic rings. The Kier molecular flexibility index (Phi) is 3.51. The average molecular weight is 305 g/mol. The lowest BCUT2D eigenvalue weighted by atomic mass is 10.2. The third-order valence-corrected chi connectivity index (χ3v) is 3.75. The molecule has 0 atom stereocenters. The van der Waals surface area contributed by atoms with Crippen LogP contribution in [0.2, 0.25) is 5.02 Å². The number of anilines is 1. The van der Waals surface area contributed by atoms with Crippen molar-refractivity contribution >= 4 is 28.3 Å². The standard InChI is InChI=1S/C15H14ClFN4/c1-9-11-6-10(7-19-15(11)21(2)20-9)18-8-12-13(16)4-3-5-14(12)17/h3-7,18H,8H2,1-2H3. The fraction of sp³-hybridized carbons (Fsp3) is 0.200. The summed E-state index contributed by atoms with van der Waals surface area (Å²) in [6.45, 7) is 2.24. The molecule has 1 N–H and O–H groups in total. The van der Waals surface area contributed by atoms with Crippen LogP contribution in [0.3, 0.4) is 0 Å². The molecule has 0 spiro atoms. The Morgan fingerprint density at radius 2 is 2.19 bits per heavy atom. The molecule has 0 amide bonds. The van der Waals surface area contributed by atoms with Gasteiger partial charge in [-0.2, -0.15) is 5.10 Å². The highest BCUT2D eigenvalue weighted by molar-refractivity contribution is 6.31. The highest BCUT2D eigenvalue weighted by atomic mass is 35.5. The highest BCUT2D eigenvalue weighted by Crippen LogP contribution is 2.22. The van der Waals surface area contributed by atoms with Gasteiger partial charge in [0.05, 0.1) is 17.6 Å². The first-order valence-electron chi connectivity index (χ1n) is 6.52. The van der Waals surface area contributed by atoms with Crippen LogP contribution in [0.25, 0.3) is 11.0 Å². The highest BCUT2D eigenvalue weighted by Gasteiger charge is 2.09. The molecule has 0 fully saturated rings. The van der Waals surface area contributed by atoms with Gasteiger partial charge < -0.3 is 5.32 Å². The third-order valence-electron chi connectivity index (χ3n) is 3.39. The zero-order valence-electron chi connectivity index (χ0n) is 11.7. The summed E-state index contributed by atoms with van der Waals surface area (Å²) in [5, 5.41) is 8.86. The summed E-state index contributed by atoms with van der Waals surface area (Å²) in [6.07, 6.45) is 1.71. The number of hydrogen-bond acceptors (Lipinski definition) is 3. The lowest BCUT2D eigenvalue weighted by Gasteiger charge is -2.09. The second-order valence-electron chi connectivity index (χ2n) is 4.86. The number of aromatic nitrogens is 3. The van der Waals surface area contributed by atoms with Crippen LogP contribution in [0.1, 0.15) is 11.3 Å². The number of nitrogens with one attached hydrogen (secondary N) is 1. The Morgan fingerprint density at radius 3 is 2.95 bits per heavy atom. The molecule has 0 saturated heterocycles.